The van der Waals surface area contributed by atoms with Crippen LogP contribution in [0.2, 0.25) is 0 Å². The molecule has 1 aromatic carbocycles. The van der Waals surface area contributed by atoms with E-state index >= 15 is 0 Å². The van der Waals surface area contributed by atoms with E-state index in [0.29, 0.717) is 5.69 Å². The Kier molecular flexibility index (Phi) is 2.83. The van der Waals surface area contributed by atoms with E-state index in [1.54, 1.807) is 6.20 Å². The van der Waals surface area contributed by atoms with Crippen LogP contribution in [0.3, 0.4) is 0 Å². The summed E-state index contributed by atoms with van der Waals surface area (Å²) < 4.78 is 0. The number of fused-ring (bicyclic) bond motifs is 1. The van der Waals surface area contributed by atoms with E-state index in [9.17, 15) is 4.79 Å². The van der Waals surface area contributed by atoms with Gasteiger partial charge >= 0.3 is 5.97 Å². The van der Waals surface area contributed by atoms with Crippen LogP contribution in [0.1, 0.15) is 11.6 Å². The van der Waals surface area contributed by atoms with Gasteiger partial charge < -0.3 is 10.8 Å². The molecular weight excluding hydrogens is 204 g/mol. The number of aromatic nitrogens is 1. The fourth-order valence-corrected chi connectivity index (χ4v) is 1.75. The Balaban J connectivity index is 2.63. The van der Waals surface area contributed by atoms with E-state index in [1.165, 1.54) is 0 Å². The van der Waals surface area contributed by atoms with Gasteiger partial charge in [0.25, 0.3) is 0 Å². The Hall–Kier alpha value is -1.94. The molecule has 0 radical (unpaired) electrons. The lowest BCUT2D eigenvalue weighted by atomic mass is 9.99. The van der Waals surface area contributed by atoms with Crippen LogP contribution in [0.4, 0.5) is 0 Å². The number of carboxylic acids is 1. The molecule has 0 saturated carbocycles. The molecule has 4 heteroatoms. The Morgan fingerprint density at radius 3 is 2.81 bits per heavy atom. The molecule has 3 N–H and O–H groups in total. The first-order valence-corrected chi connectivity index (χ1v) is 5.00. The van der Waals surface area contributed by atoms with Crippen molar-refractivity contribution < 1.29 is 9.90 Å². The van der Waals surface area contributed by atoms with Gasteiger partial charge in [-0.25, -0.2) is 0 Å². The molecule has 82 valence electrons. The van der Waals surface area contributed by atoms with Crippen LogP contribution >= 0.6 is 0 Å². The van der Waals surface area contributed by atoms with E-state index in [2.05, 4.69) is 4.98 Å². The van der Waals surface area contributed by atoms with Gasteiger partial charge in [0.05, 0.1) is 5.69 Å². The summed E-state index contributed by atoms with van der Waals surface area (Å²) in [5.41, 5.74) is 6.01. The molecule has 0 aliphatic carbocycles. The van der Waals surface area contributed by atoms with Crippen molar-refractivity contribution in [1.82, 2.24) is 4.98 Å². The minimum Gasteiger partial charge on any atom is -0.481 e. The van der Waals surface area contributed by atoms with Crippen LogP contribution in [-0.2, 0) is 4.79 Å². The van der Waals surface area contributed by atoms with E-state index in [4.69, 9.17) is 10.8 Å². The number of hydrogen-bond acceptors (Lipinski definition) is 3. The number of rotatable bonds is 3. The number of aliphatic carboxylic acids is 1. The summed E-state index contributed by atoms with van der Waals surface area (Å²) in [6.45, 7) is 0.0519. The summed E-state index contributed by atoms with van der Waals surface area (Å²) in [4.78, 5) is 15.2. The average molecular weight is 216 g/mol. The Morgan fingerprint density at radius 2 is 2.12 bits per heavy atom. The molecule has 2 rings (SSSR count). The molecule has 1 aromatic heterocycles. The molecule has 0 fully saturated rings. The molecule has 0 spiro atoms. The lowest BCUT2D eigenvalue weighted by molar-refractivity contribution is -0.138. The largest absolute Gasteiger partial charge is 0.481 e. The van der Waals surface area contributed by atoms with E-state index in [0.717, 1.165) is 10.8 Å². The molecule has 0 aliphatic heterocycles. The van der Waals surface area contributed by atoms with Crippen molar-refractivity contribution in [3.05, 3.63) is 42.2 Å². The highest BCUT2D eigenvalue weighted by Gasteiger charge is 2.21. The molecule has 0 bridgehead atoms. The summed E-state index contributed by atoms with van der Waals surface area (Å²) in [6, 6.07) is 9.42. The molecule has 2 aromatic rings. The zero-order valence-electron chi connectivity index (χ0n) is 8.63. The van der Waals surface area contributed by atoms with Crippen molar-refractivity contribution >= 4 is 16.7 Å². The molecule has 0 aliphatic rings. The zero-order valence-corrected chi connectivity index (χ0v) is 8.63. The van der Waals surface area contributed by atoms with Crippen LogP contribution in [0.25, 0.3) is 10.8 Å². The zero-order chi connectivity index (χ0) is 11.5. The third-order valence-electron chi connectivity index (χ3n) is 2.57. The maximum absolute atomic E-state index is 11.1. The first kappa shape index (κ1) is 10.6. The van der Waals surface area contributed by atoms with Gasteiger partial charge in [0.2, 0.25) is 0 Å². The van der Waals surface area contributed by atoms with Crippen molar-refractivity contribution in [2.45, 2.75) is 5.92 Å². The van der Waals surface area contributed by atoms with Crippen molar-refractivity contribution in [2.75, 3.05) is 6.54 Å². The van der Waals surface area contributed by atoms with Gasteiger partial charge in [0.15, 0.2) is 0 Å². The van der Waals surface area contributed by atoms with Crippen molar-refractivity contribution in [3.8, 4) is 0 Å². The van der Waals surface area contributed by atoms with Crippen molar-refractivity contribution in [3.63, 3.8) is 0 Å². The molecule has 1 heterocycles. The molecule has 4 nitrogen and oxygen atoms in total. The normalized spacial score (nSPS) is 12.6. The topological polar surface area (TPSA) is 76.2 Å². The van der Waals surface area contributed by atoms with Gasteiger partial charge in [-0.05, 0) is 11.5 Å². The number of carbonyl (C=O) groups is 1. The fourth-order valence-electron chi connectivity index (χ4n) is 1.75. The third kappa shape index (κ3) is 1.75. The Bertz CT molecular complexity index is 520. The van der Waals surface area contributed by atoms with Crippen LogP contribution in [0.15, 0.2) is 36.5 Å². The van der Waals surface area contributed by atoms with E-state index < -0.39 is 11.9 Å². The van der Waals surface area contributed by atoms with Gasteiger partial charge in [0.1, 0.15) is 5.92 Å². The van der Waals surface area contributed by atoms with Crippen molar-refractivity contribution in [1.29, 1.82) is 0 Å². The summed E-state index contributed by atoms with van der Waals surface area (Å²) in [7, 11) is 0. The van der Waals surface area contributed by atoms with Gasteiger partial charge in [-0.2, -0.15) is 0 Å². The fraction of sp³-hybridized carbons (Fsp3) is 0.167. The number of nitrogens with two attached hydrogens (primary N) is 1. The Labute approximate surface area is 92.7 Å². The van der Waals surface area contributed by atoms with Crippen LogP contribution in [0.5, 0.6) is 0 Å². The number of pyridine rings is 1. The molecular formula is C12H12N2O2. The van der Waals surface area contributed by atoms with Gasteiger partial charge in [-0.1, -0.05) is 24.3 Å². The van der Waals surface area contributed by atoms with Gasteiger partial charge in [0, 0.05) is 18.1 Å². The third-order valence-corrected chi connectivity index (χ3v) is 2.57. The molecule has 1 unspecified atom stereocenters. The number of nitrogens with zero attached hydrogens (tertiary/aromatic N) is 1. The molecule has 0 amide bonds. The summed E-state index contributed by atoms with van der Waals surface area (Å²) in [6.07, 6.45) is 1.61. The highest BCUT2D eigenvalue weighted by atomic mass is 16.4. The standard InChI is InChI=1S/C12H12N2O2/c13-7-10(12(15)16)11-9-4-2-1-3-8(9)5-6-14-11/h1-6,10H,7,13H2,(H,15,16). The summed E-state index contributed by atoms with van der Waals surface area (Å²) in [5, 5.41) is 10.9. The van der Waals surface area contributed by atoms with E-state index in [-0.39, 0.29) is 6.54 Å². The second-order valence-corrected chi connectivity index (χ2v) is 3.54. The first-order valence-electron chi connectivity index (χ1n) is 5.00. The van der Waals surface area contributed by atoms with Crippen LogP contribution < -0.4 is 5.73 Å². The lowest BCUT2D eigenvalue weighted by Gasteiger charge is -2.11. The molecule has 1 atom stereocenters. The monoisotopic (exact) mass is 216 g/mol. The first-order chi connectivity index (χ1) is 7.74. The number of hydrogen-bond donors (Lipinski definition) is 2. The predicted molar refractivity (Wildman–Crippen MR) is 61.2 cm³/mol. The highest BCUT2D eigenvalue weighted by molar-refractivity contribution is 5.89. The molecule has 16 heavy (non-hydrogen) atoms. The van der Waals surface area contributed by atoms with Gasteiger partial charge in [-0.3, -0.25) is 9.78 Å². The summed E-state index contributed by atoms with van der Waals surface area (Å²) >= 11 is 0. The Morgan fingerprint density at radius 1 is 1.38 bits per heavy atom. The average Bonchev–Trinajstić information content (AvgIpc) is 2.30. The predicted octanol–water partition coefficient (Wildman–Crippen LogP) is 1.36. The van der Waals surface area contributed by atoms with Crippen LogP contribution in [-0.4, -0.2) is 22.6 Å². The number of benzene rings is 1. The highest BCUT2D eigenvalue weighted by Crippen LogP contribution is 2.22. The van der Waals surface area contributed by atoms with E-state index in [1.807, 2.05) is 30.3 Å². The second kappa shape index (κ2) is 4.28. The lowest BCUT2D eigenvalue weighted by Crippen LogP contribution is -2.22. The van der Waals surface area contributed by atoms with Gasteiger partial charge in [-0.15, -0.1) is 0 Å². The smallest absolute Gasteiger partial charge is 0.313 e. The second-order valence-electron chi connectivity index (χ2n) is 3.54. The minimum absolute atomic E-state index is 0.0519. The van der Waals surface area contributed by atoms with Crippen molar-refractivity contribution in [2.24, 2.45) is 5.73 Å². The molecule has 0 saturated heterocycles. The number of carboxylic acid groups (broad SMARTS) is 1. The minimum atomic E-state index is -0.939. The van der Waals surface area contributed by atoms with Crippen LogP contribution in [0, 0.1) is 0 Å². The quantitative estimate of drug-likeness (QED) is 0.812. The summed E-state index contributed by atoms with van der Waals surface area (Å²) in [5.74, 6) is -1.68. The maximum Gasteiger partial charge on any atom is 0.313 e. The SMILES string of the molecule is NCC(C(=O)O)c1nccc2ccccc12. The maximum atomic E-state index is 11.1.